The Morgan fingerprint density at radius 3 is 0.677 bits per heavy atom. The van der Waals surface area contributed by atoms with Gasteiger partial charge in [0.25, 0.3) is 11.8 Å². The highest BCUT2D eigenvalue weighted by atomic mass is 16.2. The summed E-state index contributed by atoms with van der Waals surface area (Å²) in [6.45, 7) is 17.0. The monoisotopic (exact) mass is 915 g/mol. The van der Waals surface area contributed by atoms with Gasteiger partial charge in [-0.05, 0) is 31.8 Å². The second-order valence-corrected chi connectivity index (χ2v) is 21.4. The van der Waals surface area contributed by atoms with E-state index in [-0.39, 0.29) is 11.8 Å². The minimum absolute atomic E-state index is 0.0728. The molecule has 5 nitrogen and oxygen atoms in total. The minimum Gasteiger partial charge on any atom is -0.337 e. The highest BCUT2D eigenvalue weighted by molar-refractivity contribution is 6.03. The highest BCUT2D eigenvalue weighted by Gasteiger charge is 2.45. The van der Waals surface area contributed by atoms with Gasteiger partial charge in [-0.2, -0.15) is 0 Å². The Hall–Kier alpha value is -1.36. The van der Waals surface area contributed by atoms with Gasteiger partial charge in [-0.3, -0.25) is 9.59 Å². The van der Waals surface area contributed by atoms with Crippen molar-refractivity contribution in [3.05, 3.63) is 12.7 Å². The normalized spacial score (nSPS) is 11.8. The Bertz CT molecular complexity index is 944. The average molecular weight is 916 g/mol. The lowest BCUT2D eigenvalue weighted by molar-refractivity contribution is -0.892. The average Bonchev–Trinajstić information content (AvgIpc) is 3.29. The molecular formula is C60H120N3O2+. The van der Waals surface area contributed by atoms with Crippen LogP contribution in [0.1, 0.15) is 310 Å². The number of unbranched alkanes of at least 4 members (excludes halogenated alkanes) is 40. The topological polar surface area (TPSA) is 40.6 Å². The fourth-order valence-electron chi connectivity index (χ4n) is 10.0. The van der Waals surface area contributed by atoms with Crippen molar-refractivity contribution in [3.63, 3.8) is 0 Å². The van der Waals surface area contributed by atoms with E-state index in [0.29, 0.717) is 11.0 Å². The zero-order chi connectivity index (χ0) is 47.7. The third kappa shape index (κ3) is 39.2. The predicted molar refractivity (Wildman–Crippen MR) is 290 cm³/mol. The molecule has 0 aromatic carbocycles. The molecule has 0 bridgehead atoms. The van der Waals surface area contributed by atoms with Gasteiger partial charge < -0.3 is 14.3 Å². The first kappa shape index (κ1) is 63.6. The standard InChI is InChI=1S/C60H120N3O2/c1-8-13-17-21-25-29-33-35-39-43-47-51-55-61(53-49-45-41-37-31-27-23-19-15-10-3)59(64)58(63(6,7)57-12-5)60(65)62(54-50-46-42-38-32-28-24-20-16-11-4)56-52-48-44-40-36-34-30-26-22-18-14-9-2/h12,58H,5,8-11,13-57H2,1-4,6-7H3/q+1. The summed E-state index contributed by atoms with van der Waals surface area (Å²) in [6, 6.07) is -0.714. The molecule has 0 heterocycles. The summed E-state index contributed by atoms with van der Waals surface area (Å²) >= 11 is 0. The molecule has 0 saturated heterocycles. The van der Waals surface area contributed by atoms with Crippen molar-refractivity contribution in [3.8, 4) is 0 Å². The lowest BCUT2D eigenvalue weighted by atomic mass is 10.0. The molecule has 65 heavy (non-hydrogen) atoms. The second-order valence-electron chi connectivity index (χ2n) is 21.4. The molecule has 0 aromatic rings. The zero-order valence-electron chi connectivity index (χ0n) is 45.7. The van der Waals surface area contributed by atoms with Gasteiger partial charge in [-0.25, -0.2) is 0 Å². The van der Waals surface area contributed by atoms with Gasteiger partial charge in [0.15, 0.2) is 0 Å². The van der Waals surface area contributed by atoms with Crippen molar-refractivity contribution in [2.24, 2.45) is 0 Å². The number of hydrogen-bond acceptors (Lipinski definition) is 2. The number of amides is 2. The van der Waals surface area contributed by atoms with E-state index in [0.717, 1.165) is 51.9 Å². The van der Waals surface area contributed by atoms with Crippen molar-refractivity contribution in [1.82, 2.24) is 9.80 Å². The van der Waals surface area contributed by atoms with E-state index < -0.39 is 6.04 Å². The van der Waals surface area contributed by atoms with Crippen LogP contribution in [0.2, 0.25) is 0 Å². The SMILES string of the molecule is C=CC[N+](C)(C)C(C(=O)N(CCCCCCCCCCCC)CCCCCCCCCCCCCC)C(=O)N(CCCCCCCCCCCC)CCCCCCCCCCCCCC. The number of carbonyl (C=O) groups excluding carboxylic acids is 2. The van der Waals surface area contributed by atoms with Crippen LogP contribution in [0.3, 0.4) is 0 Å². The maximum atomic E-state index is 15.1. The molecule has 5 heteroatoms. The first-order valence-electron chi connectivity index (χ1n) is 29.8. The van der Waals surface area contributed by atoms with E-state index in [1.807, 2.05) is 6.08 Å². The van der Waals surface area contributed by atoms with Gasteiger partial charge in [0, 0.05) is 26.2 Å². The molecule has 0 aliphatic carbocycles. The molecule has 0 aromatic heterocycles. The summed E-state index contributed by atoms with van der Waals surface area (Å²) in [7, 11) is 4.21. The number of nitrogens with zero attached hydrogens (tertiary/aromatic N) is 3. The third-order valence-electron chi connectivity index (χ3n) is 14.5. The zero-order valence-corrected chi connectivity index (χ0v) is 45.7. The van der Waals surface area contributed by atoms with Crippen LogP contribution in [0.5, 0.6) is 0 Å². The maximum Gasteiger partial charge on any atom is 0.291 e. The number of carbonyl (C=O) groups is 2. The van der Waals surface area contributed by atoms with E-state index in [1.165, 1.54) is 257 Å². The summed E-state index contributed by atoms with van der Waals surface area (Å²) in [5.41, 5.74) is 0. The Balaban J connectivity index is 5.74. The molecule has 2 amide bonds. The van der Waals surface area contributed by atoms with E-state index in [2.05, 4.69) is 58.2 Å². The number of likely N-dealkylation sites (N-methyl/N-ethyl adjacent to an activating group) is 1. The lowest BCUT2D eigenvalue weighted by Crippen LogP contribution is -2.64. The van der Waals surface area contributed by atoms with Crippen LogP contribution in [0.4, 0.5) is 0 Å². The molecule has 0 unspecified atom stereocenters. The number of rotatable bonds is 53. The number of hydrogen-bond donors (Lipinski definition) is 0. The smallest absolute Gasteiger partial charge is 0.291 e. The van der Waals surface area contributed by atoms with Crippen LogP contribution in [-0.2, 0) is 9.59 Å². The molecule has 0 spiro atoms. The Labute approximate surface area is 409 Å². The van der Waals surface area contributed by atoms with Crippen LogP contribution in [0.25, 0.3) is 0 Å². The summed E-state index contributed by atoms with van der Waals surface area (Å²) in [4.78, 5) is 34.5. The lowest BCUT2D eigenvalue weighted by Gasteiger charge is -2.40. The molecule has 0 aliphatic rings. The fourth-order valence-corrected chi connectivity index (χ4v) is 10.0. The van der Waals surface area contributed by atoms with E-state index >= 15 is 9.59 Å². The van der Waals surface area contributed by atoms with Gasteiger partial charge >= 0.3 is 0 Å². The summed E-state index contributed by atoms with van der Waals surface area (Å²) in [6.07, 6.45) is 59.2. The van der Waals surface area contributed by atoms with E-state index in [1.54, 1.807) is 0 Å². The van der Waals surface area contributed by atoms with Crippen molar-refractivity contribution < 1.29 is 14.1 Å². The van der Waals surface area contributed by atoms with Crippen LogP contribution < -0.4 is 0 Å². The van der Waals surface area contributed by atoms with Crippen molar-refractivity contribution >= 4 is 11.8 Å². The summed E-state index contributed by atoms with van der Waals surface area (Å²) in [5, 5.41) is 0. The van der Waals surface area contributed by atoms with Crippen LogP contribution in [0, 0.1) is 0 Å². The van der Waals surface area contributed by atoms with Gasteiger partial charge in [0.05, 0.1) is 20.6 Å². The molecule has 0 atom stereocenters. The summed E-state index contributed by atoms with van der Waals surface area (Å²) < 4.78 is 0.348. The van der Waals surface area contributed by atoms with Crippen molar-refractivity contribution in [2.45, 2.75) is 316 Å². The van der Waals surface area contributed by atoms with Crippen LogP contribution in [-0.4, -0.2) is 79.0 Å². The Kier molecular flexibility index (Phi) is 48.0. The largest absolute Gasteiger partial charge is 0.337 e. The highest BCUT2D eigenvalue weighted by Crippen LogP contribution is 2.21. The van der Waals surface area contributed by atoms with Gasteiger partial charge in [0.2, 0.25) is 6.04 Å². The maximum absolute atomic E-state index is 15.1. The molecule has 0 fully saturated rings. The van der Waals surface area contributed by atoms with Crippen LogP contribution in [0.15, 0.2) is 12.7 Å². The predicted octanol–water partition coefficient (Wildman–Crippen LogP) is 18.5. The van der Waals surface area contributed by atoms with Crippen molar-refractivity contribution in [1.29, 1.82) is 0 Å². The first-order valence-corrected chi connectivity index (χ1v) is 29.8. The second kappa shape index (κ2) is 49.1. The minimum atomic E-state index is -0.714. The van der Waals surface area contributed by atoms with E-state index in [9.17, 15) is 0 Å². The van der Waals surface area contributed by atoms with E-state index in [4.69, 9.17) is 0 Å². The van der Waals surface area contributed by atoms with Crippen molar-refractivity contribution in [2.75, 3.05) is 46.8 Å². The first-order chi connectivity index (χ1) is 31.8. The Morgan fingerprint density at radius 1 is 0.338 bits per heavy atom. The molecule has 386 valence electrons. The Morgan fingerprint density at radius 2 is 0.508 bits per heavy atom. The summed E-state index contributed by atoms with van der Waals surface area (Å²) in [5.74, 6) is 0.146. The molecule has 0 rings (SSSR count). The number of quaternary nitrogens is 1. The molecule has 0 N–H and O–H groups in total. The quantitative estimate of drug-likeness (QED) is 0.0264. The van der Waals surface area contributed by atoms with Gasteiger partial charge in [-0.1, -0.05) is 291 Å². The molecular weight excluding hydrogens is 795 g/mol. The fraction of sp³-hybridized carbons (Fsp3) is 0.933. The third-order valence-corrected chi connectivity index (χ3v) is 14.5. The molecule has 0 saturated carbocycles. The van der Waals surface area contributed by atoms with Gasteiger partial charge in [0.1, 0.15) is 0 Å². The molecule has 0 radical (unpaired) electrons. The van der Waals surface area contributed by atoms with Crippen LogP contribution >= 0.6 is 0 Å². The molecule has 0 aliphatic heterocycles. The van der Waals surface area contributed by atoms with Gasteiger partial charge in [-0.15, -0.1) is 0 Å².